The number of fused-ring (bicyclic) bond motifs is 3. The Balaban J connectivity index is 0.00000117. The molecule has 0 spiro atoms. The monoisotopic (exact) mass is 447 g/mol. The summed E-state index contributed by atoms with van der Waals surface area (Å²) in [5.41, 5.74) is 10.2. The first-order valence-corrected chi connectivity index (χ1v) is 11.1. The molecule has 0 radical (unpaired) electrons. The van der Waals surface area contributed by atoms with E-state index in [1.54, 1.807) is 60.7 Å². The van der Waals surface area contributed by atoms with Crippen LogP contribution in [0.25, 0.3) is 22.2 Å². The maximum Gasteiger partial charge on any atom is 0.266 e. The van der Waals surface area contributed by atoms with Crippen molar-refractivity contribution in [2.45, 2.75) is 13.8 Å². The molecule has 34 heavy (non-hydrogen) atoms. The van der Waals surface area contributed by atoms with Gasteiger partial charge in [0.15, 0.2) is 5.78 Å². The molecule has 2 amide bonds. The van der Waals surface area contributed by atoms with Crippen LogP contribution in [0.15, 0.2) is 78.9 Å². The molecule has 3 aromatic carbocycles. The fourth-order valence-electron chi connectivity index (χ4n) is 4.42. The number of para-hydroxylation sites is 1. The summed E-state index contributed by atoms with van der Waals surface area (Å²) in [7, 11) is 0. The second kappa shape index (κ2) is 8.08. The second-order valence-corrected chi connectivity index (χ2v) is 7.70. The fourth-order valence-corrected chi connectivity index (χ4v) is 4.42. The molecular weight excluding hydrogens is 426 g/mol. The number of carbonyl (C=O) groups is 3. The van der Waals surface area contributed by atoms with E-state index >= 15 is 0 Å². The molecule has 4 aromatic rings. The second-order valence-electron chi connectivity index (χ2n) is 7.70. The molecule has 6 heteroatoms. The number of nitrogens with zero attached hydrogens (tertiary/aromatic N) is 2. The van der Waals surface area contributed by atoms with Gasteiger partial charge in [-0.15, -0.1) is 0 Å². The first-order valence-electron chi connectivity index (χ1n) is 11.1. The van der Waals surface area contributed by atoms with Crippen LogP contribution < -0.4 is 10.6 Å². The molecule has 0 bridgehead atoms. The lowest BCUT2D eigenvalue weighted by atomic mass is 10.0. The number of anilines is 1. The average Bonchev–Trinajstić information content (AvgIpc) is 3.29. The number of hydrogen-bond donors (Lipinski definition) is 1. The highest BCUT2D eigenvalue weighted by Gasteiger charge is 2.37. The Bertz CT molecular complexity index is 1520. The largest absolute Gasteiger partial charge is 0.398 e. The summed E-state index contributed by atoms with van der Waals surface area (Å²) in [6, 6.07) is 22.8. The van der Waals surface area contributed by atoms with Crippen molar-refractivity contribution in [1.82, 2.24) is 4.98 Å². The Hall–Kier alpha value is -4.58. The number of carbonyl (C=O) groups excluding carboxylic acids is 3. The Kier molecular flexibility index (Phi) is 5.06. The first-order chi connectivity index (χ1) is 16.6. The van der Waals surface area contributed by atoms with Gasteiger partial charge in [0.1, 0.15) is 0 Å². The quantitative estimate of drug-likeness (QED) is 0.432. The van der Waals surface area contributed by atoms with Crippen LogP contribution in [-0.4, -0.2) is 22.6 Å². The highest BCUT2D eigenvalue weighted by atomic mass is 16.2. The van der Waals surface area contributed by atoms with E-state index in [0.717, 1.165) is 10.3 Å². The van der Waals surface area contributed by atoms with Crippen molar-refractivity contribution in [3.05, 3.63) is 107 Å². The van der Waals surface area contributed by atoms with Gasteiger partial charge >= 0.3 is 0 Å². The molecule has 6 rings (SSSR count). The van der Waals surface area contributed by atoms with Gasteiger partial charge in [0.2, 0.25) is 0 Å². The van der Waals surface area contributed by atoms with Crippen molar-refractivity contribution in [3.8, 4) is 0 Å². The number of imide groups is 1. The maximum atomic E-state index is 13.0. The summed E-state index contributed by atoms with van der Waals surface area (Å²) in [4.78, 5) is 45.0. The maximum absolute atomic E-state index is 13.0. The molecule has 0 atom stereocenters. The fraction of sp³-hybridized carbons (Fsp3) is 0.0714. The number of Topliss-reactive ketones (excluding diaryl/α,β-unsaturated/α-hetero) is 1. The van der Waals surface area contributed by atoms with Gasteiger partial charge in [-0.3, -0.25) is 14.4 Å². The van der Waals surface area contributed by atoms with Gasteiger partial charge in [0.25, 0.3) is 11.8 Å². The van der Waals surface area contributed by atoms with Crippen molar-refractivity contribution in [3.63, 3.8) is 0 Å². The highest BCUT2D eigenvalue weighted by Crippen LogP contribution is 2.37. The van der Waals surface area contributed by atoms with Crippen LogP contribution in [0.2, 0.25) is 0 Å². The molecule has 2 aliphatic rings. The van der Waals surface area contributed by atoms with Crippen molar-refractivity contribution >= 4 is 45.5 Å². The van der Waals surface area contributed by atoms with Crippen LogP contribution in [0.5, 0.6) is 0 Å². The van der Waals surface area contributed by atoms with Gasteiger partial charge in [-0.1, -0.05) is 68.4 Å². The smallest absolute Gasteiger partial charge is 0.266 e. The number of pyridine rings is 1. The van der Waals surface area contributed by atoms with Crippen molar-refractivity contribution < 1.29 is 14.4 Å². The normalized spacial score (nSPS) is 14.3. The number of amides is 2. The van der Waals surface area contributed by atoms with Gasteiger partial charge in [0.05, 0.1) is 39.3 Å². The predicted octanol–water partition coefficient (Wildman–Crippen LogP) is 5.08. The molecule has 0 fully saturated rings. The molecular formula is C28H21N3O3. The van der Waals surface area contributed by atoms with E-state index in [2.05, 4.69) is 0 Å². The van der Waals surface area contributed by atoms with Gasteiger partial charge < -0.3 is 5.73 Å². The number of ketones is 1. The summed E-state index contributed by atoms with van der Waals surface area (Å²) >= 11 is 0. The molecule has 166 valence electrons. The van der Waals surface area contributed by atoms with Crippen molar-refractivity contribution in [2.24, 2.45) is 5.73 Å². The molecule has 0 saturated carbocycles. The summed E-state index contributed by atoms with van der Waals surface area (Å²) < 4.78 is 0. The van der Waals surface area contributed by atoms with Crippen LogP contribution in [0.1, 0.15) is 56.2 Å². The molecule has 1 aliphatic carbocycles. The lowest BCUT2D eigenvalue weighted by molar-refractivity contribution is 0.0925. The molecule has 0 saturated heterocycles. The zero-order valence-electron chi connectivity index (χ0n) is 18.7. The number of rotatable bonds is 2. The minimum Gasteiger partial charge on any atom is -0.398 e. The van der Waals surface area contributed by atoms with Gasteiger partial charge in [-0.05, 0) is 24.3 Å². The third-order valence-corrected chi connectivity index (χ3v) is 5.95. The van der Waals surface area contributed by atoms with Crippen molar-refractivity contribution in [2.75, 3.05) is 4.90 Å². The highest BCUT2D eigenvalue weighted by molar-refractivity contribution is 6.39. The first kappa shape index (κ1) is 21.3. The predicted molar refractivity (Wildman–Crippen MR) is 132 cm³/mol. The Labute approximate surface area is 196 Å². The van der Waals surface area contributed by atoms with E-state index < -0.39 is 11.8 Å². The zero-order valence-corrected chi connectivity index (χ0v) is 18.7. The van der Waals surface area contributed by atoms with E-state index in [9.17, 15) is 14.4 Å². The molecule has 6 nitrogen and oxygen atoms in total. The topological polar surface area (TPSA) is 93.4 Å². The minimum atomic E-state index is -0.395. The van der Waals surface area contributed by atoms with E-state index in [1.165, 1.54) is 0 Å². The number of hydrogen-bond acceptors (Lipinski definition) is 5. The summed E-state index contributed by atoms with van der Waals surface area (Å²) in [6.07, 6.45) is 0. The summed E-state index contributed by atoms with van der Waals surface area (Å²) in [5.74, 6) is -0.982. The lowest BCUT2D eigenvalue weighted by Crippen LogP contribution is -2.29. The van der Waals surface area contributed by atoms with E-state index in [0.29, 0.717) is 50.4 Å². The van der Waals surface area contributed by atoms with Crippen molar-refractivity contribution in [1.29, 1.82) is 0 Å². The Morgan fingerprint density at radius 1 is 0.676 bits per heavy atom. The van der Waals surface area contributed by atoms with E-state index in [4.69, 9.17) is 10.7 Å². The third-order valence-electron chi connectivity index (χ3n) is 5.95. The van der Waals surface area contributed by atoms with E-state index in [-0.39, 0.29) is 5.78 Å². The lowest BCUT2D eigenvalue weighted by Gasteiger charge is -2.16. The standard InChI is InChI=1S/C26H15N3O3.C2H6/c27-22-15-7-1-2-8-16(15)24(30)21(22)19-13-12-14-6-5-11-20(23(14)28-19)29-25(31)17-9-3-4-10-18(17)26(29)32;1-2/h1-13H,27H2;1-2H3. The van der Waals surface area contributed by atoms with Gasteiger partial charge in [0, 0.05) is 16.5 Å². The SMILES string of the molecule is CC.NC1=C(c2ccc3cccc(N4C(=O)c5ccccc5C4=O)c3n2)C(=O)c2ccccc21. The van der Waals surface area contributed by atoms with Crippen LogP contribution in [0.3, 0.4) is 0 Å². The number of benzene rings is 3. The van der Waals surface area contributed by atoms with Crippen LogP contribution in [0, 0.1) is 0 Å². The molecule has 1 aliphatic heterocycles. The number of allylic oxidation sites excluding steroid dienone is 1. The van der Waals surface area contributed by atoms with Gasteiger partial charge in [-0.2, -0.15) is 0 Å². The minimum absolute atomic E-state index is 0.192. The number of nitrogens with two attached hydrogens (primary N) is 1. The molecule has 1 aromatic heterocycles. The van der Waals surface area contributed by atoms with Crippen LogP contribution in [-0.2, 0) is 0 Å². The summed E-state index contributed by atoms with van der Waals surface area (Å²) in [6.45, 7) is 4.00. The van der Waals surface area contributed by atoms with Gasteiger partial charge in [-0.25, -0.2) is 9.88 Å². The third kappa shape index (κ3) is 2.96. The van der Waals surface area contributed by atoms with Crippen LogP contribution >= 0.6 is 0 Å². The zero-order chi connectivity index (χ0) is 24.0. The molecule has 0 unspecified atom stereocenters. The summed E-state index contributed by atoms with van der Waals surface area (Å²) in [5, 5.41) is 0.741. The van der Waals surface area contributed by atoms with E-state index in [1.807, 2.05) is 32.0 Å². The Morgan fingerprint density at radius 3 is 1.88 bits per heavy atom. The number of aromatic nitrogens is 1. The van der Waals surface area contributed by atoms with Crippen LogP contribution in [0.4, 0.5) is 5.69 Å². The average molecular weight is 447 g/mol. The molecule has 2 heterocycles. The molecule has 2 N–H and O–H groups in total. The Morgan fingerprint density at radius 2 is 1.26 bits per heavy atom.